The Bertz CT molecular complexity index is 87.7. The van der Waals surface area contributed by atoms with Gasteiger partial charge in [0, 0.05) is 0 Å². The molecular formula is C4H8N2S. The van der Waals surface area contributed by atoms with Crippen LogP contribution in [-0.2, 0) is 0 Å². The fraction of sp³-hybridized carbons (Fsp3) is 0.500. The van der Waals surface area contributed by atoms with E-state index in [0.29, 0.717) is 0 Å². The van der Waals surface area contributed by atoms with E-state index in [1.807, 2.05) is 13.2 Å². The Morgan fingerprint density at radius 2 is 2.43 bits per heavy atom. The number of thioether (sulfide) groups is 1. The van der Waals surface area contributed by atoms with Crippen LogP contribution >= 0.6 is 11.8 Å². The van der Waals surface area contributed by atoms with Gasteiger partial charge >= 0.3 is 0 Å². The van der Waals surface area contributed by atoms with E-state index >= 15 is 0 Å². The third-order valence-corrected chi connectivity index (χ3v) is 1.24. The lowest BCUT2D eigenvalue weighted by molar-refractivity contribution is 1.51. The molecule has 0 aliphatic heterocycles. The summed E-state index contributed by atoms with van der Waals surface area (Å²) in [7, 11) is 0. The molecule has 0 aromatic carbocycles. The summed E-state index contributed by atoms with van der Waals surface area (Å²) in [5, 5.41) is 7.44. The fourth-order valence-electron chi connectivity index (χ4n) is 0.144. The molecule has 0 heterocycles. The van der Waals surface area contributed by atoms with E-state index in [2.05, 4.69) is 4.99 Å². The molecule has 0 bridgehead atoms. The largest absolute Gasteiger partial charge is 0.289 e. The third-order valence-electron chi connectivity index (χ3n) is 0.542. The van der Waals surface area contributed by atoms with Gasteiger partial charge in [-0.2, -0.15) is 0 Å². The molecule has 40 valence electrons. The van der Waals surface area contributed by atoms with Gasteiger partial charge in [-0.15, -0.1) is 11.8 Å². The molecule has 1 N–H and O–H groups in total. The number of rotatable bonds is 1. The van der Waals surface area contributed by atoms with Gasteiger partial charge in [0.2, 0.25) is 0 Å². The highest BCUT2D eigenvalue weighted by molar-refractivity contribution is 8.13. The van der Waals surface area contributed by atoms with E-state index in [1.165, 1.54) is 0 Å². The maximum absolute atomic E-state index is 6.51. The number of hydrogen-bond donors (Lipinski definition) is 1. The lowest BCUT2D eigenvalue weighted by atomic mass is 10.9. The van der Waals surface area contributed by atoms with Gasteiger partial charge in [0.15, 0.2) is 0 Å². The van der Waals surface area contributed by atoms with Gasteiger partial charge in [-0.25, -0.2) is 4.99 Å². The van der Waals surface area contributed by atoms with Crippen LogP contribution in [0.15, 0.2) is 4.99 Å². The topological polar surface area (TPSA) is 36.2 Å². The van der Waals surface area contributed by atoms with Crippen LogP contribution in [0.3, 0.4) is 0 Å². The number of nitrogens with zero attached hydrogens (tertiary/aromatic N) is 1. The Hall–Kier alpha value is -0.310. The van der Waals surface area contributed by atoms with Gasteiger partial charge in [0.1, 0.15) is 6.34 Å². The first-order valence-electron chi connectivity index (χ1n) is 1.88. The van der Waals surface area contributed by atoms with Gasteiger partial charge in [-0.05, 0) is 13.2 Å². The van der Waals surface area contributed by atoms with Crippen LogP contribution in [0.25, 0.3) is 0 Å². The maximum Gasteiger partial charge on any atom is 0.107 e. The highest BCUT2D eigenvalue weighted by Crippen LogP contribution is 1.93. The molecule has 0 fully saturated rings. The molecule has 0 aromatic heterocycles. The van der Waals surface area contributed by atoms with Crippen molar-refractivity contribution >= 4 is 23.1 Å². The van der Waals surface area contributed by atoms with Crippen LogP contribution in [0.1, 0.15) is 6.92 Å². The zero-order valence-electron chi connectivity index (χ0n) is 4.43. The van der Waals surface area contributed by atoms with Crippen LogP contribution in [0.2, 0.25) is 0 Å². The second-order valence-corrected chi connectivity index (χ2v) is 1.98. The second kappa shape index (κ2) is 3.87. The Morgan fingerprint density at radius 3 is 2.57 bits per heavy atom. The lowest BCUT2D eigenvalue weighted by Gasteiger charge is -1.84. The van der Waals surface area contributed by atoms with Crippen molar-refractivity contribution in [2.24, 2.45) is 4.99 Å². The highest BCUT2D eigenvalue weighted by Gasteiger charge is 1.77. The summed E-state index contributed by atoms with van der Waals surface area (Å²) in [6.45, 7) is 1.87. The van der Waals surface area contributed by atoms with E-state index in [1.54, 1.807) is 11.8 Å². The summed E-state index contributed by atoms with van der Waals surface area (Å²) >= 11 is 1.55. The van der Waals surface area contributed by atoms with Gasteiger partial charge in [0.05, 0.1) is 5.04 Å². The van der Waals surface area contributed by atoms with E-state index in [-0.39, 0.29) is 0 Å². The highest BCUT2D eigenvalue weighted by atomic mass is 32.2. The van der Waals surface area contributed by atoms with Crippen molar-refractivity contribution in [1.29, 1.82) is 5.41 Å². The summed E-state index contributed by atoms with van der Waals surface area (Å²) in [5.41, 5.74) is 0. The molecule has 0 rings (SSSR count). The zero-order valence-corrected chi connectivity index (χ0v) is 5.25. The summed E-state index contributed by atoms with van der Waals surface area (Å²) in [6, 6.07) is 0. The average molecular weight is 116 g/mol. The summed E-state index contributed by atoms with van der Waals surface area (Å²) in [5.74, 6) is 0. The molecular weight excluding hydrogens is 108 g/mol. The second-order valence-electron chi connectivity index (χ2n) is 0.981. The molecule has 0 radical (unpaired) electrons. The summed E-state index contributed by atoms with van der Waals surface area (Å²) in [6.07, 6.45) is 2.98. The van der Waals surface area contributed by atoms with Crippen molar-refractivity contribution in [2.75, 3.05) is 6.26 Å². The molecule has 0 saturated heterocycles. The molecule has 0 atom stereocenters. The normalized spacial score (nSPS) is 11.4. The molecule has 0 spiro atoms. The Balaban J connectivity index is 3.49. The summed E-state index contributed by atoms with van der Waals surface area (Å²) in [4.78, 5) is 3.66. The van der Waals surface area contributed by atoms with Gasteiger partial charge in [-0.1, -0.05) is 0 Å². The third kappa shape index (κ3) is 3.52. The first kappa shape index (κ1) is 6.69. The number of nitrogens with one attached hydrogen (secondary N) is 1. The predicted octanol–water partition coefficient (Wildman–Crippen LogP) is 1.37. The van der Waals surface area contributed by atoms with Crippen molar-refractivity contribution in [1.82, 2.24) is 0 Å². The molecule has 3 heteroatoms. The molecule has 0 aliphatic rings. The minimum atomic E-state index is 0.926. The van der Waals surface area contributed by atoms with Crippen LogP contribution < -0.4 is 0 Å². The molecule has 0 aliphatic carbocycles. The minimum absolute atomic E-state index is 0.926. The fourth-order valence-corrected chi connectivity index (χ4v) is 0.302. The average Bonchev–Trinajstić information content (AvgIpc) is 1.68. The van der Waals surface area contributed by atoms with Gasteiger partial charge < -0.3 is 0 Å². The van der Waals surface area contributed by atoms with Crippen LogP contribution in [-0.4, -0.2) is 17.6 Å². The van der Waals surface area contributed by atoms with E-state index < -0.39 is 0 Å². The van der Waals surface area contributed by atoms with Crippen molar-refractivity contribution in [2.45, 2.75) is 6.92 Å². The number of aliphatic imine (C=N–C) groups is 1. The lowest BCUT2D eigenvalue weighted by Crippen LogP contribution is -1.78. The minimum Gasteiger partial charge on any atom is -0.289 e. The van der Waals surface area contributed by atoms with Gasteiger partial charge in [-0.3, -0.25) is 5.41 Å². The van der Waals surface area contributed by atoms with Crippen LogP contribution in [0.5, 0.6) is 0 Å². The first-order chi connectivity index (χ1) is 3.31. The van der Waals surface area contributed by atoms with Crippen molar-refractivity contribution < 1.29 is 0 Å². The molecule has 0 saturated carbocycles. The standard InChI is InChI=1S/C4H8N2S/c1-4(7-2)6-3-5/h3,5H,1-2H3/b5-3?,6-4-. The Labute approximate surface area is 47.5 Å². The predicted molar refractivity (Wildman–Crippen MR) is 35.4 cm³/mol. The molecule has 0 amide bonds. The molecule has 0 unspecified atom stereocenters. The first-order valence-corrected chi connectivity index (χ1v) is 3.11. The van der Waals surface area contributed by atoms with Gasteiger partial charge in [0.25, 0.3) is 0 Å². The Kier molecular flexibility index (Phi) is 3.69. The smallest absolute Gasteiger partial charge is 0.107 e. The molecule has 7 heavy (non-hydrogen) atoms. The van der Waals surface area contributed by atoms with Crippen molar-refractivity contribution in [3.8, 4) is 0 Å². The van der Waals surface area contributed by atoms with E-state index in [0.717, 1.165) is 11.4 Å². The van der Waals surface area contributed by atoms with Crippen LogP contribution in [0.4, 0.5) is 0 Å². The monoisotopic (exact) mass is 116 g/mol. The SMILES string of the molecule is CS/C(C)=N\C=N. The quantitative estimate of drug-likeness (QED) is 0.407. The van der Waals surface area contributed by atoms with Crippen molar-refractivity contribution in [3.05, 3.63) is 0 Å². The number of hydrogen-bond acceptors (Lipinski definition) is 2. The Morgan fingerprint density at radius 1 is 1.86 bits per heavy atom. The molecule has 0 aromatic rings. The maximum atomic E-state index is 6.51. The van der Waals surface area contributed by atoms with E-state index in [4.69, 9.17) is 5.41 Å². The van der Waals surface area contributed by atoms with Crippen LogP contribution in [0, 0.1) is 5.41 Å². The van der Waals surface area contributed by atoms with Crippen molar-refractivity contribution in [3.63, 3.8) is 0 Å². The summed E-state index contributed by atoms with van der Waals surface area (Å²) < 4.78 is 0. The zero-order chi connectivity index (χ0) is 5.70. The van der Waals surface area contributed by atoms with E-state index in [9.17, 15) is 0 Å². The molecule has 2 nitrogen and oxygen atoms in total.